The lowest BCUT2D eigenvalue weighted by Crippen LogP contribution is -2.16. The molecule has 3 heteroatoms. The molecule has 2 aliphatic carbocycles. The van der Waals surface area contributed by atoms with Crippen molar-refractivity contribution in [3.8, 4) is 34.4 Å². The predicted octanol–water partition coefficient (Wildman–Crippen LogP) is 15.6. The summed E-state index contributed by atoms with van der Waals surface area (Å²) in [6, 6.07) is 70.8. The van der Waals surface area contributed by atoms with Gasteiger partial charge >= 0.3 is 0 Å². The molecule has 2 aliphatic rings. The van der Waals surface area contributed by atoms with E-state index in [1.807, 2.05) is 24.3 Å². The highest BCUT2D eigenvalue weighted by Crippen LogP contribution is 2.53. The highest BCUT2D eigenvalue weighted by atomic mass is 15.1. The summed E-state index contributed by atoms with van der Waals surface area (Å²) in [5.74, 6) is -0.0874. The Hall–Kier alpha value is -7.98. The van der Waals surface area contributed by atoms with Crippen LogP contribution in [0, 0.1) is 22.7 Å². The van der Waals surface area contributed by atoms with E-state index in [2.05, 4.69) is 202 Å². The second-order valence-corrected chi connectivity index (χ2v) is 18.7. The fourth-order valence-electron chi connectivity index (χ4n) is 11.4. The molecule has 64 heavy (non-hydrogen) atoms. The van der Waals surface area contributed by atoms with Gasteiger partial charge in [0.1, 0.15) is 0 Å². The number of hydrogen-bond donors (Lipinski definition) is 0. The van der Waals surface area contributed by atoms with E-state index >= 15 is 0 Å². The minimum absolute atomic E-state index is 0.0874. The van der Waals surface area contributed by atoms with E-state index in [1.165, 1.54) is 82.6 Å². The summed E-state index contributed by atoms with van der Waals surface area (Å²) in [6.07, 6.45) is 0. The molecule has 0 saturated carbocycles. The van der Waals surface area contributed by atoms with Crippen LogP contribution in [-0.2, 0) is 10.8 Å². The van der Waals surface area contributed by atoms with Gasteiger partial charge in [-0.1, -0.05) is 155 Å². The van der Waals surface area contributed by atoms with E-state index in [0.29, 0.717) is 11.1 Å². The van der Waals surface area contributed by atoms with Crippen LogP contribution in [0.1, 0.15) is 83.7 Å². The molecular weight excluding hydrogens is 775 g/mol. The van der Waals surface area contributed by atoms with Crippen LogP contribution < -0.4 is 4.90 Å². The first-order valence-corrected chi connectivity index (χ1v) is 22.2. The molecule has 0 radical (unpaired) electrons. The lowest BCUT2D eigenvalue weighted by molar-refractivity contribution is 0.659. The Bertz CT molecular complexity index is 3390. The van der Waals surface area contributed by atoms with Crippen LogP contribution in [0.25, 0.3) is 54.6 Å². The Morgan fingerprint density at radius 3 is 1.55 bits per heavy atom. The van der Waals surface area contributed by atoms with Crippen LogP contribution in [0.4, 0.5) is 17.1 Å². The van der Waals surface area contributed by atoms with Crippen molar-refractivity contribution in [1.82, 2.24) is 0 Å². The molecule has 0 aromatic heterocycles. The number of anilines is 3. The minimum Gasteiger partial charge on any atom is -0.310 e. The van der Waals surface area contributed by atoms with E-state index in [9.17, 15) is 10.5 Å². The fraction of sp³-hybridized carbons (Fsp3) is 0.115. The molecule has 1 atom stereocenters. The summed E-state index contributed by atoms with van der Waals surface area (Å²) in [7, 11) is 0. The number of nitriles is 2. The first-order valence-electron chi connectivity index (χ1n) is 22.2. The maximum Gasteiger partial charge on any atom is 0.0991 e. The summed E-state index contributed by atoms with van der Waals surface area (Å²) < 4.78 is 0. The van der Waals surface area contributed by atoms with Gasteiger partial charge in [-0.2, -0.15) is 10.5 Å². The van der Waals surface area contributed by atoms with Gasteiger partial charge in [-0.3, -0.25) is 0 Å². The molecule has 0 amide bonds. The van der Waals surface area contributed by atoms with Crippen molar-refractivity contribution < 1.29 is 0 Å². The van der Waals surface area contributed by atoms with E-state index in [-0.39, 0.29) is 16.7 Å². The van der Waals surface area contributed by atoms with Gasteiger partial charge in [0.25, 0.3) is 0 Å². The second-order valence-electron chi connectivity index (χ2n) is 18.7. The molecule has 0 heterocycles. The fourth-order valence-corrected chi connectivity index (χ4v) is 11.4. The number of hydrogen-bond acceptors (Lipinski definition) is 3. The van der Waals surface area contributed by atoms with Gasteiger partial charge in [-0.25, -0.2) is 0 Å². The normalized spacial score (nSPS) is 14.4. The maximum atomic E-state index is 9.81. The quantitative estimate of drug-likeness (QED) is 0.124. The molecule has 302 valence electrons. The SMILES string of the molecule is CC1(C)c2ccccc2-c2ccc(C(c3ccc(C#N)cc3)c3ccc4ccc5c(N(c6ccc(C#N)cc6)c6ccc7c(c6)C(C)(C)c6ccccc6-7)ccc6ccc3c4c65)cc21. The van der Waals surface area contributed by atoms with Gasteiger partial charge in [-0.05, 0) is 143 Å². The molecule has 0 N–H and O–H groups in total. The zero-order valence-corrected chi connectivity index (χ0v) is 36.2. The van der Waals surface area contributed by atoms with E-state index < -0.39 is 0 Å². The molecule has 3 nitrogen and oxygen atoms in total. The third-order valence-corrected chi connectivity index (χ3v) is 14.6. The third kappa shape index (κ3) is 5.38. The van der Waals surface area contributed by atoms with E-state index in [4.69, 9.17) is 0 Å². The van der Waals surface area contributed by atoms with Crippen molar-refractivity contribution in [1.29, 1.82) is 10.5 Å². The van der Waals surface area contributed by atoms with Crippen LogP contribution in [0.3, 0.4) is 0 Å². The van der Waals surface area contributed by atoms with E-state index in [1.54, 1.807) is 0 Å². The monoisotopic (exact) mass is 817 g/mol. The van der Waals surface area contributed by atoms with Crippen molar-refractivity contribution in [2.24, 2.45) is 0 Å². The molecule has 0 fully saturated rings. The topological polar surface area (TPSA) is 50.8 Å². The average Bonchev–Trinajstić information content (AvgIpc) is 3.71. The molecule has 0 spiro atoms. The van der Waals surface area contributed by atoms with Crippen LogP contribution in [-0.4, -0.2) is 0 Å². The number of fused-ring (bicyclic) bond motifs is 6. The highest BCUT2D eigenvalue weighted by molar-refractivity contribution is 6.26. The van der Waals surface area contributed by atoms with Gasteiger partial charge in [0.2, 0.25) is 0 Å². The van der Waals surface area contributed by atoms with Crippen LogP contribution in [0.5, 0.6) is 0 Å². The molecule has 12 rings (SSSR count). The predicted molar refractivity (Wildman–Crippen MR) is 263 cm³/mol. The summed E-state index contributed by atoms with van der Waals surface area (Å²) in [5.41, 5.74) is 18.3. The smallest absolute Gasteiger partial charge is 0.0991 e. The van der Waals surface area contributed by atoms with Crippen molar-refractivity contribution in [2.45, 2.75) is 44.4 Å². The van der Waals surface area contributed by atoms with Crippen molar-refractivity contribution in [3.05, 3.63) is 232 Å². The Kier molecular flexibility index (Phi) is 8.12. The Morgan fingerprint density at radius 2 is 0.906 bits per heavy atom. The zero-order chi connectivity index (χ0) is 43.5. The largest absolute Gasteiger partial charge is 0.310 e. The van der Waals surface area contributed by atoms with Crippen molar-refractivity contribution in [3.63, 3.8) is 0 Å². The first-order chi connectivity index (χ1) is 31.1. The van der Waals surface area contributed by atoms with Crippen molar-refractivity contribution in [2.75, 3.05) is 4.90 Å². The molecule has 0 bridgehead atoms. The lowest BCUT2D eigenvalue weighted by Gasteiger charge is -2.30. The van der Waals surface area contributed by atoms with Gasteiger partial charge in [0, 0.05) is 33.5 Å². The van der Waals surface area contributed by atoms with Crippen LogP contribution in [0.15, 0.2) is 182 Å². The van der Waals surface area contributed by atoms with E-state index in [0.717, 1.165) is 28.0 Å². The standard InChI is InChI=1S/C61H43N3/c1-60(2)52-11-7-5-9-45(52)47-27-22-42(33-54(47)60)57(39-17-13-37(35-62)14-18-39)49-28-19-40-21-30-51-56(32-23-41-20-29-50(49)58(40)59(41)51)64(43-24-15-38(36-63)16-25-43)44-26-31-48-46-10-6-8-12-53(46)61(3,4)55(48)34-44/h5-34,57H,1-4H3. The Morgan fingerprint density at radius 1 is 0.422 bits per heavy atom. The summed E-state index contributed by atoms with van der Waals surface area (Å²) in [6.45, 7) is 9.34. The summed E-state index contributed by atoms with van der Waals surface area (Å²) in [5, 5.41) is 26.8. The number of rotatable bonds is 6. The molecule has 10 aromatic carbocycles. The Balaban J connectivity index is 1.08. The highest BCUT2D eigenvalue weighted by Gasteiger charge is 2.37. The number of benzene rings is 10. The maximum absolute atomic E-state index is 9.81. The minimum atomic E-state index is -0.165. The summed E-state index contributed by atoms with van der Waals surface area (Å²) in [4.78, 5) is 2.37. The van der Waals surface area contributed by atoms with Crippen LogP contribution in [0.2, 0.25) is 0 Å². The molecular formula is C61H43N3. The third-order valence-electron chi connectivity index (χ3n) is 14.6. The second kappa shape index (κ2) is 13.8. The molecule has 0 saturated heterocycles. The average molecular weight is 818 g/mol. The number of nitrogens with zero attached hydrogens (tertiary/aromatic N) is 3. The Labute approximate surface area is 374 Å². The summed E-state index contributed by atoms with van der Waals surface area (Å²) >= 11 is 0. The van der Waals surface area contributed by atoms with Crippen LogP contribution >= 0.6 is 0 Å². The molecule has 0 aliphatic heterocycles. The first kappa shape index (κ1) is 37.8. The van der Waals surface area contributed by atoms with Gasteiger partial charge < -0.3 is 4.90 Å². The molecule has 1 unspecified atom stereocenters. The van der Waals surface area contributed by atoms with Gasteiger partial charge in [-0.15, -0.1) is 0 Å². The molecule has 10 aromatic rings. The van der Waals surface area contributed by atoms with Gasteiger partial charge in [0.05, 0.1) is 29.0 Å². The lowest BCUT2D eigenvalue weighted by atomic mass is 9.77. The zero-order valence-electron chi connectivity index (χ0n) is 36.2. The van der Waals surface area contributed by atoms with Crippen molar-refractivity contribution >= 4 is 49.4 Å². The van der Waals surface area contributed by atoms with Gasteiger partial charge in [0.15, 0.2) is 0 Å².